The maximum absolute atomic E-state index is 11.5. The fourth-order valence-corrected chi connectivity index (χ4v) is 2.13. The van der Waals surface area contributed by atoms with Crippen molar-refractivity contribution in [1.29, 1.82) is 0 Å². The van der Waals surface area contributed by atoms with E-state index in [-0.39, 0.29) is 5.70 Å². The second-order valence-corrected chi connectivity index (χ2v) is 4.66. The number of rotatable bonds is 3. The van der Waals surface area contributed by atoms with E-state index in [2.05, 4.69) is 5.32 Å². The summed E-state index contributed by atoms with van der Waals surface area (Å²) in [5.41, 5.74) is 2.04. The van der Waals surface area contributed by atoms with Crippen LogP contribution in [0.3, 0.4) is 0 Å². The molecule has 0 unspecified atom stereocenters. The summed E-state index contributed by atoms with van der Waals surface area (Å²) < 4.78 is 6.47. The number of carboxylic acid groups (broad SMARTS) is 1. The minimum absolute atomic E-state index is 0.250. The Labute approximate surface area is 119 Å². The molecule has 0 bridgehead atoms. The molecule has 2 aromatic rings. The van der Waals surface area contributed by atoms with Crippen LogP contribution in [0.15, 0.2) is 27.0 Å². The largest absolute Gasteiger partial charge is 0.477 e. The van der Waals surface area contributed by atoms with Gasteiger partial charge in [-0.3, -0.25) is 9.36 Å². The molecule has 7 nitrogen and oxygen atoms in total. The van der Waals surface area contributed by atoms with E-state index in [4.69, 9.17) is 9.52 Å². The third-order valence-corrected chi connectivity index (χ3v) is 2.95. The van der Waals surface area contributed by atoms with Gasteiger partial charge in [0.25, 0.3) is 0 Å². The first-order valence-corrected chi connectivity index (χ1v) is 6.12. The summed E-state index contributed by atoms with van der Waals surface area (Å²) in [6.07, 6.45) is 1.31. The highest BCUT2D eigenvalue weighted by Crippen LogP contribution is 2.20. The number of hydrogen-bond acceptors (Lipinski definition) is 4. The zero-order valence-corrected chi connectivity index (χ0v) is 11.8. The number of carbonyl (C=O) groups excluding carboxylic acids is 1. The van der Waals surface area contributed by atoms with Gasteiger partial charge in [-0.2, -0.15) is 0 Å². The fourth-order valence-electron chi connectivity index (χ4n) is 2.13. The van der Waals surface area contributed by atoms with E-state index >= 15 is 0 Å². The van der Waals surface area contributed by atoms with E-state index in [1.54, 1.807) is 26.1 Å². The summed E-state index contributed by atoms with van der Waals surface area (Å²) in [5.74, 6) is -2.22. The molecule has 0 spiro atoms. The first kappa shape index (κ1) is 14.6. The predicted molar refractivity (Wildman–Crippen MR) is 75.6 cm³/mol. The number of nitrogens with zero attached hydrogens (tertiary/aromatic N) is 1. The van der Waals surface area contributed by atoms with Gasteiger partial charge in [-0.1, -0.05) is 0 Å². The number of hydrogen-bond donors (Lipinski definition) is 2. The van der Waals surface area contributed by atoms with Gasteiger partial charge in [0.05, 0.1) is 5.52 Å². The van der Waals surface area contributed by atoms with E-state index in [1.165, 1.54) is 17.6 Å². The van der Waals surface area contributed by atoms with Crippen molar-refractivity contribution in [3.8, 4) is 0 Å². The van der Waals surface area contributed by atoms with Gasteiger partial charge in [0.15, 0.2) is 5.58 Å². The molecule has 0 saturated heterocycles. The number of carbonyl (C=O) groups is 2. The summed E-state index contributed by atoms with van der Waals surface area (Å²) in [6.45, 7) is 3.01. The normalized spacial score (nSPS) is 11.7. The maximum atomic E-state index is 11.5. The minimum atomic E-state index is -1.25. The standard InChI is InChI=1S/C14H14N2O5/c1-7-4-9(5-10(13(18)19)15-8(2)17)6-11-12(7)16(3)14(20)21-11/h4-6H,1-3H3,(H,15,17)(H,18,19). The molecule has 0 radical (unpaired) electrons. The van der Waals surface area contributed by atoms with Gasteiger partial charge in [0.1, 0.15) is 5.70 Å². The van der Waals surface area contributed by atoms with E-state index in [0.717, 1.165) is 5.56 Å². The van der Waals surface area contributed by atoms with Crippen LogP contribution >= 0.6 is 0 Å². The van der Waals surface area contributed by atoms with Gasteiger partial charge in [-0.25, -0.2) is 9.59 Å². The summed E-state index contributed by atoms with van der Waals surface area (Å²) >= 11 is 0. The lowest BCUT2D eigenvalue weighted by Crippen LogP contribution is -2.24. The van der Waals surface area contributed by atoms with Crippen molar-refractivity contribution in [3.63, 3.8) is 0 Å². The first-order chi connectivity index (χ1) is 9.79. The van der Waals surface area contributed by atoms with Gasteiger partial charge in [-0.05, 0) is 36.3 Å². The smallest absolute Gasteiger partial charge is 0.419 e. The molecule has 1 amide bonds. The molecule has 1 heterocycles. The molecule has 0 fully saturated rings. The SMILES string of the molecule is CC(=O)NC(=Cc1cc(C)c2c(c1)oc(=O)n2C)C(=O)O. The van der Waals surface area contributed by atoms with Crippen LogP contribution in [0, 0.1) is 6.92 Å². The highest BCUT2D eigenvalue weighted by molar-refractivity contribution is 5.96. The Morgan fingerprint density at radius 3 is 2.62 bits per heavy atom. The molecular weight excluding hydrogens is 276 g/mol. The Morgan fingerprint density at radius 1 is 1.38 bits per heavy atom. The summed E-state index contributed by atoms with van der Waals surface area (Å²) in [6, 6.07) is 3.26. The minimum Gasteiger partial charge on any atom is -0.477 e. The average molecular weight is 290 g/mol. The van der Waals surface area contributed by atoms with Crippen LogP contribution < -0.4 is 11.1 Å². The number of amides is 1. The monoisotopic (exact) mass is 290 g/mol. The third-order valence-electron chi connectivity index (χ3n) is 2.95. The summed E-state index contributed by atoms with van der Waals surface area (Å²) in [7, 11) is 1.59. The second-order valence-electron chi connectivity index (χ2n) is 4.66. The van der Waals surface area contributed by atoms with E-state index in [1.807, 2.05) is 0 Å². The lowest BCUT2D eigenvalue weighted by atomic mass is 10.1. The van der Waals surface area contributed by atoms with E-state index < -0.39 is 17.6 Å². The van der Waals surface area contributed by atoms with E-state index in [0.29, 0.717) is 16.7 Å². The average Bonchev–Trinajstić information content (AvgIpc) is 2.63. The number of benzene rings is 1. The number of aliphatic carboxylic acids is 1. The summed E-state index contributed by atoms with van der Waals surface area (Å²) in [4.78, 5) is 33.6. The number of fused-ring (bicyclic) bond motifs is 1. The van der Waals surface area contributed by atoms with Crippen molar-refractivity contribution in [3.05, 3.63) is 39.5 Å². The Hall–Kier alpha value is -2.83. The number of aryl methyl sites for hydroxylation is 2. The molecule has 21 heavy (non-hydrogen) atoms. The lowest BCUT2D eigenvalue weighted by Gasteiger charge is -2.04. The van der Waals surface area contributed by atoms with Crippen molar-refractivity contribution < 1.29 is 19.1 Å². The Bertz CT molecular complexity index is 826. The van der Waals surface area contributed by atoms with Crippen molar-refractivity contribution in [2.75, 3.05) is 0 Å². The highest BCUT2D eigenvalue weighted by atomic mass is 16.4. The van der Waals surface area contributed by atoms with Gasteiger partial charge in [0.2, 0.25) is 5.91 Å². The van der Waals surface area contributed by atoms with Crippen molar-refractivity contribution in [2.24, 2.45) is 7.05 Å². The van der Waals surface area contributed by atoms with Crippen LogP contribution in [0.5, 0.6) is 0 Å². The van der Waals surface area contributed by atoms with Gasteiger partial charge in [-0.15, -0.1) is 0 Å². The van der Waals surface area contributed by atoms with Crippen LogP contribution in [0.25, 0.3) is 17.2 Å². The van der Waals surface area contributed by atoms with Crippen LogP contribution in [0.4, 0.5) is 0 Å². The van der Waals surface area contributed by atoms with Crippen molar-refractivity contribution in [1.82, 2.24) is 9.88 Å². The van der Waals surface area contributed by atoms with Crippen LogP contribution in [-0.4, -0.2) is 21.6 Å². The quantitative estimate of drug-likeness (QED) is 0.821. The predicted octanol–water partition coefficient (Wildman–Crippen LogP) is 1.00. The van der Waals surface area contributed by atoms with Crippen molar-refractivity contribution in [2.45, 2.75) is 13.8 Å². The highest BCUT2D eigenvalue weighted by Gasteiger charge is 2.12. The van der Waals surface area contributed by atoms with Crippen LogP contribution in [0.2, 0.25) is 0 Å². The molecule has 0 atom stereocenters. The molecule has 2 rings (SSSR count). The fraction of sp³-hybridized carbons (Fsp3) is 0.214. The number of nitrogens with one attached hydrogen (secondary N) is 1. The summed E-state index contributed by atoms with van der Waals surface area (Å²) in [5, 5.41) is 11.3. The van der Waals surface area contributed by atoms with Gasteiger partial charge >= 0.3 is 11.7 Å². The molecule has 1 aromatic heterocycles. The maximum Gasteiger partial charge on any atom is 0.419 e. The number of oxazole rings is 1. The molecule has 0 aliphatic carbocycles. The lowest BCUT2D eigenvalue weighted by molar-refractivity contribution is -0.134. The molecule has 1 aromatic carbocycles. The molecular formula is C14H14N2O5. The molecule has 7 heteroatoms. The molecule has 2 N–H and O–H groups in total. The topological polar surface area (TPSA) is 102 Å². The zero-order chi connectivity index (χ0) is 15.7. The number of aromatic nitrogens is 1. The molecule has 0 aliphatic heterocycles. The Balaban J connectivity index is 2.59. The van der Waals surface area contributed by atoms with Crippen LogP contribution in [-0.2, 0) is 16.6 Å². The van der Waals surface area contributed by atoms with Crippen LogP contribution in [0.1, 0.15) is 18.1 Å². The van der Waals surface area contributed by atoms with Crippen molar-refractivity contribution >= 4 is 29.1 Å². The van der Waals surface area contributed by atoms with E-state index in [9.17, 15) is 14.4 Å². The second kappa shape index (κ2) is 5.28. The first-order valence-electron chi connectivity index (χ1n) is 6.12. The number of carboxylic acids is 1. The molecule has 0 aliphatic rings. The third kappa shape index (κ3) is 2.86. The Morgan fingerprint density at radius 2 is 2.05 bits per heavy atom. The molecule has 110 valence electrons. The zero-order valence-electron chi connectivity index (χ0n) is 11.8. The van der Waals surface area contributed by atoms with Gasteiger partial charge < -0.3 is 14.8 Å². The van der Waals surface area contributed by atoms with Gasteiger partial charge in [0, 0.05) is 14.0 Å². The Kier molecular flexibility index (Phi) is 3.66. The molecule has 0 saturated carbocycles.